The van der Waals surface area contributed by atoms with Crippen LogP contribution >= 0.6 is 0 Å². The summed E-state index contributed by atoms with van der Waals surface area (Å²) in [5, 5.41) is 0. The number of amides is 2. The number of pyridine rings is 1. The van der Waals surface area contributed by atoms with E-state index >= 15 is 0 Å². The molecule has 2 aliphatic heterocycles. The van der Waals surface area contributed by atoms with Gasteiger partial charge in [-0.2, -0.15) is 0 Å². The number of rotatable bonds is 2. The van der Waals surface area contributed by atoms with Gasteiger partial charge in [0.1, 0.15) is 6.10 Å². The van der Waals surface area contributed by atoms with E-state index in [9.17, 15) is 9.59 Å². The van der Waals surface area contributed by atoms with Crippen LogP contribution in [0.15, 0.2) is 24.5 Å². The molecule has 2 fully saturated rings. The Labute approximate surface area is 136 Å². The molecule has 124 valence electrons. The fourth-order valence-corrected chi connectivity index (χ4v) is 3.33. The molecule has 0 spiro atoms. The third-order valence-electron chi connectivity index (χ3n) is 4.75. The molecule has 2 saturated heterocycles. The highest BCUT2D eigenvalue weighted by Gasteiger charge is 2.32. The van der Waals surface area contributed by atoms with E-state index in [-0.39, 0.29) is 23.8 Å². The first-order valence-corrected chi connectivity index (χ1v) is 8.21. The van der Waals surface area contributed by atoms with Gasteiger partial charge in [0.05, 0.1) is 13.2 Å². The van der Waals surface area contributed by atoms with Crippen molar-refractivity contribution < 1.29 is 14.3 Å². The maximum absolute atomic E-state index is 12.8. The second-order valence-corrected chi connectivity index (χ2v) is 6.20. The standard InChI is InChI=1S/C17H23N3O3/c1-13(21)19-8-4-15(5-9-19)17(22)20-10-11-23-16(12-20)14-2-6-18-7-3-14/h2-3,6-7,15-16H,4-5,8-12H2,1H3/t16-/m1/s1. The normalized spacial score (nSPS) is 22.9. The maximum atomic E-state index is 12.8. The minimum Gasteiger partial charge on any atom is -0.370 e. The molecule has 2 aliphatic rings. The van der Waals surface area contributed by atoms with Crippen LogP contribution in [0.1, 0.15) is 31.4 Å². The molecule has 0 N–H and O–H groups in total. The summed E-state index contributed by atoms with van der Waals surface area (Å²) in [5.41, 5.74) is 1.06. The van der Waals surface area contributed by atoms with Gasteiger partial charge < -0.3 is 14.5 Å². The lowest BCUT2D eigenvalue weighted by Gasteiger charge is -2.37. The average molecular weight is 317 g/mol. The van der Waals surface area contributed by atoms with E-state index in [4.69, 9.17) is 4.74 Å². The number of hydrogen-bond donors (Lipinski definition) is 0. The summed E-state index contributed by atoms with van der Waals surface area (Å²) in [5.74, 6) is 0.331. The Morgan fingerprint density at radius 2 is 1.83 bits per heavy atom. The van der Waals surface area contributed by atoms with Crippen molar-refractivity contribution in [2.24, 2.45) is 5.92 Å². The zero-order valence-electron chi connectivity index (χ0n) is 13.5. The van der Waals surface area contributed by atoms with Crippen molar-refractivity contribution in [1.29, 1.82) is 0 Å². The first-order valence-electron chi connectivity index (χ1n) is 8.21. The Kier molecular flexibility index (Phi) is 4.91. The van der Waals surface area contributed by atoms with E-state index < -0.39 is 0 Å². The second kappa shape index (κ2) is 7.08. The number of morpholine rings is 1. The molecular weight excluding hydrogens is 294 g/mol. The number of aromatic nitrogens is 1. The van der Waals surface area contributed by atoms with Crippen LogP contribution in [0.3, 0.4) is 0 Å². The molecule has 0 saturated carbocycles. The molecule has 23 heavy (non-hydrogen) atoms. The molecule has 1 atom stereocenters. The van der Waals surface area contributed by atoms with Crippen LogP contribution in [0.25, 0.3) is 0 Å². The Morgan fingerprint density at radius 1 is 1.13 bits per heavy atom. The summed E-state index contributed by atoms with van der Waals surface area (Å²) in [7, 11) is 0. The molecule has 1 aromatic heterocycles. The van der Waals surface area contributed by atoms with Crippen molar-refractivity contribution >= 4 is 11.8 Å². The van der Waals surface area contributed by atoms with Crippen LogP contribution in [0, 0.1) is 5.92 Å². The van der Waals surface area contributed by atoms with Crippen molar-refractivity contribution in [2.75, 3.05) is 32.8 Å². The molecule has 0 radical (unpaired) electrons. The number of ether oxygens (including phenoxy) is 1. The van der Waals surface area contributed by atoms with Gasteiger partial charge in [-0.05, 0) is 30.5 Å². The summed E-state index contributed by atoms with van der Waals surface area (Å²) in [6.07, 6.45) is 4.94. The molecule has 0 bridgehead atoms. The topological polar surface area (TPSA) is 62.7 Å². The maximum Gasteiger partial charge on any atom is 0.225 e. The van der Waals surface area contributed by atoms with Crippen LogP contribution < -0.4 is 0 Å². The largest absolute Gasteiger partial charge is 0.370 e. The van der Waals surface area contributed by atoms with Crippen molar-refractivity contribution in [1.82, 2.24) is 14.8 Å². The first-order chi connectivity index (χ1) is 11.1. The van der Waals surface area contributed by atoms with E-state index in [1.165, 1.54) is 0 Å². The number of carbonyl (C=O) groups is 2. The predicted octanol–water partition coefficient (Wildman–Crippen LogP) is 1.24. The molecule has 0 aliphatic carbocycles. The molecule has 6 nitrogen and oxygen atoms in total. The third kappa shape index (κ3) is 3.69. The average Bonchev–Trinajstić information content (AvgIpc) is 2.62. The van der Waals surface area contributed by atoms with Gasteiger partial charge in [0, 0.05) is 44.9 Å². The number of likely N-dealkylation sites (tertiary alicyclic amines) is 1. The molecule has 1 aromatic rings. The number of nitrogens with zero attached hydrogens (tertiary/aromatic N) is 3. The number of carbonyl (C=O) groups excluding carboxylic acids is 2. The highest BCUT2D eigenvalue weighted by atomic mass is 16.5. The molecule has 0 unspecified atom stereocenters. The van der Waals surface area contributed by atoms with Crippen molar-refractivity contribution in [3.05, 3.63) is 30.1 Å². The van der Waals surface area contributed by atoms with Gasteiger partial charge >= 0.3 is 0 Å². The summed E-state index contributed by atoms with van der Waals surface area (Å²) >= 11 is 0. The fourth-order valence-electron chi connectivity index (χ4n) is 3.33. The zero-order chi connectivity index (χ0) is 16.2. The Morgan fingerprint density at radius 3 is 2.48 bits per heavy atom. The van der Waals surface area contributed by atoms with E-state index in [2.05, 4.69) is 4.98 Å². The lowest BCUT2D eigenvalue weighted by molar-refractivity contribution is -0.146. The SMILES string of the molecule is CC(=O)N1CCC(C(=O)N2CCO[C@@H](c3ccncc3)C2)CC1. The third-order valence-corrected chi connectivity index (χ3v) is 4.75. The molecule has 3 rings (SSSR count). The van der Waals surface area contributed by atoms with E-state index in [1.54, 1.807) is 19.3 Å². The van der Waals surface area contributed by atoms with Gasteiger partial charge in [0.2, 0.25) is 11.8 Å². The molecule has 6 heteroatoms. The van der Waals surface area contributed by atoms with Crippen LogP contribution in [0.4, 0.5) is 0 Å². The number of hydrogen-bond acceptors (Lipinski definition) is 4. The lowest BCUT2D eigenvalue weighted by Crippen LogP contribution is -2.48. The second-order valence-electron chi connectivity index (χ2n) is 6.20. The van der Waals surface area contributed by atoms with E-state index in [0.29, 0.717) is 32.8 Å². The molecular formula is C17H23N3O3. The predicted molar refractivity (Wildman–Crippen MR) is 84.5 cm³/mol. The Bertz CT molecular complexity index is 555. The highest BCUT2D eigenvalue weighted by molar-refractivity contribution is 5.80. The molecule has 2 amide bonds. The van der Waals surface area contributed by atoms with Gasteiger partial charge in [-0.3, -0.25) is 14.6 Å². The molecule has 3 heterocycles. The summed E-state index contributed by atoms with van der Waals surface area (Å²) in [6.45, 7) is 4.76. The van der Waals surface area contributed by atoms with Crippen molar-refractivity contribution in [3.63, 3.8) is 0 Å². The fraction of sp³-hybridized carbons (Fsp3) is 0.588. The van der Waals surface area contributed by atoms with Gasteiger partial charge in [-0.25, -0.2) is 0 Å². The summed E-state index contributed by atoms with van der Waals surface area (Å²) < 4.78 is 5.81. The number of piperidine rings is 1. The lowest BCUT2D eigenvalue weighted by atomic mass is 9.94. The van der Waals surface area contributed by atoms with Crippen molar-refractivity contribution in [2.45, 2.75) is 25.9 Å². The molecule has 0 aromatic carbocycles. The van der Waals surface area contributed by atoms with Gasteiger partial charge in [0.25, 0.3) is 0 Å². The van der Waals surface area contributed by atoms with Crippen LogP contribution in [0.2, 0.25) is 0 Å². The minimum absolute atomic E-state index is 0.0294. The first kappa shape index (κ1) is 15.9. The van der Waals surface area contributed by atoms with E-state index in [0.717, 1.165) is 18.4 Å². The van der Waals surface area contributed by atoms with Crippen LogP contribution in [-0.4, -0.2) is 59.4 Å². The quantitative estimate of drug-likeness (QED) is 0.823. The minimum atomic E-state index is -0.0759. The van der Waals surface area contributed by atoms with Crippen LogP contribution in [-0.2, 0) is 14.3 Å². The Balaban J connectivity index is 1.58. The van der Waals surface area contributed by atoms with Gasteiger partial charge in [-0.1, -0.05) is 0 Å². The van der Waals surface area contributed by atoms with E-state index in [1.807, 2.05) is 21.9 Å². The van der Waals surface area contributed by atoms with Gasteiger partial charge in [0.15, 0.2) is 0 Å². The zero-order valence-corrected chi connectivity index (χ0v) is 13.5. The monoisotopic (exact) mass is 317 g/mol. The highest BCUT2D eigenvalue weighted by Crippen LogP contribution is 2.25. The van der Waals surface area contributed by atoms with Crippen molar-refractivity contribution in [3.8, 4) is 0 Å². The summed E-state index contributed by atoms with van der Waals surface area (Å²) in [4.78, 5) is 31.9. The van der Waals surface area contributed by atoms with Gasteiger partial charge in [-0.15, -0.1) is 0 Å². The van der Waals surface area contributed by atoms with Crippen LogP contribution in [0.5, 0.6) is 0 Å². The smallest absolute Gasteiger partial charge is 0.225 e. The Hall–Kier alpha value is -1.95. The summed E-state index contributed by atoms with van der Waals surface area (Å²) in [6, 6.07) is 3.87.